The van der Waals surface area contributed by atoms with Gasteiger partial charge in [-0.1, -0.05) is 18.1 Å². The molecular weight excluding hydrogens is 194 g/mol. The number of hydrogen-bond acceptors (Lipinski definition) is 2. The van der Waals surface area contributed by atoms with Gasteiger partial charge in [0.1, 0.15) is 0 Å². The van der Waals surface area contributed by atoms with Gasteiger partial charge in [-0.25, -0.2) is 0 Å². The van der Waals surface area contributed by atoms with Crippen LogP contribution in [0.4, 0.5) is 0 Å². The van der Waals surface area contributed by atoms with Crippen LogP contribution in [0.2, 0.25) is 0 Å². The molecule has 4 heteroatoms. The minimum atomic E-state index is -0.930. The summed E-state index contributed by atoms with van der Waals surface area (Å²) >= 11 is 0. The van der Waals surface area contributed by atoms with Crippen LogP contribution in [-0.4, -0.2) is 23.5 Å². The van der Waals surface area contributed by atoms with E-state index in [0.717, 1.165) is 0 Å². The van der Waals surface area contributed by atoms with Gasteiger partial charge < -0.3 is 10.4 Å². The Balaban J connectivity index is 2.65. The van der Waals surface area contributed by atoms with Crippen LogP contribution in [-0.2, 0) is 9.59 Å². The fourth-order valence-corrected chi connectivity index (χ4v) is 1.65. The Morgan fingerprint density at radius 2 is 2.00 bits per heavy atom. The van der Waals surface area contributed by atoms with Crippen LogP contribution in [0.3, 0.4) is 0 Å². The average Bonchev–Trinajstić information content (AvgIpc) is 2.25. The van der Waals surface area contributed by atoms with Gasteiger partial charge >= 0.3 is 5.97 Å². The van der Waals surface area contributed by atoms with E-state index in [1.54, 1.807) is 6.08 Å². The Labute approximate surface area is 88.4 Å². The standard InChI is InChI=1S/C11H13NO3/c1-2-7-12-10(13)8-5-3-4-6-9(8)11(14)15/h1,3-4,8-9H,5-7H2,(H,12,13)(H,14,15). The van der Waals surface area contributed by atoms with Crippen molar-refractivity contribution in [2.24, 2.45) is 11.8 Å². The van der Waals surface area contributed by atoms with Crippen LogP contribution >= 0.6 is 0 Å². The molecule has 15 heavy (non-hydrogen) atoms. The van der Waals surface area contributed by atoms with Crippen LogP contribution in [0.25, 0.3) is 0 Å². The fourth-order valence-electron chi connectivity index (χ4n) is 1.65. The summed E-state index contributed by atoms with van der Waals surface area (Å²) in [6.07, 6.45) is 9.51. The van der Waals surface area contributed by atoms with Crippen LogP contribution in [0, 0.1) is 24.2 Å². The Bertz CT molecular complexity index is 327. The number of terminal acetylenes is 1. The second-order valence-electron chi connectivity index (χ2n) is 3.42. The summed E-state index contributed by atoms with van der Waals surface area (Å²) in [6, 6.07) is 0. The normalized spacial score (nSPS) is 24.2. The first-order valence-electron chi connectivity index (χ1n) is 4.75. The molecule has 1 aliphatic rings. The van der Waals surface area contributed by atoms with Gasteiger partial charge in [0.15, 0.2) is 0 Å². The highest BCUT2D eigenvalue weighted by molar-refractivity contribution is 5.85. The number of allylic oxidation sites excluding steroid dienone is 2. The third-order valence-electron chi connectivity index (χ3n) is 2.45. The van der Waals surface area contributed by atoms with Crippen molar-refractivity contribution in [1.82, 2.24) is 5.32 Å². The summed E-state index contributed by atoms with van der Waals surface area (Å²) in [5.74, 6) is -0.0503. The quantitative estimate of drug-likeness (QED) is 0.520. The van der Waals surface area contributed by atoms with Crippen LogP contribution in [0.5, 0.6) is 0 Å². The van der Waals surface area contributed by atoms with E-state index >= 15 is 0 Å². The Hall–Kier alpha value is -1.76. The SMILES string of the molecule is C#CCNC(=O)C1CC=CCC1C(=O)O. The molecule has 1 aliphatic carbocycles. The average molecular weight is 207 g/mol. The Morgan fingerprint density at radius 1 is 1.40 bits per heavy atom. The van der Waals surface area contributed by atoms with Crippen molar-refractivity contribution in [1.29, 1.82) is 0 Å². The first-order chi connectivity index (χ1) is 7.16. The molecule has 0 aliphatic heterocycles. The Kier molecular flexibility index (Phi) is 3.92. The zero-order valence-electron chi connectivity index (χ0n) is 8.27. The number of aliphatic carboxylic acids is 1. The third kappa shape index (κ3) is 2.84. The molecule has 4 nitrogen and oxygen atoms in total. The number of hydrogen-bond donors (Lipinski definition) is 2. The molecule has 0 aromatic rings. The molecule has 80 valence electrons. The molecule has 0 fully saturated rings. The highest BCUT2D eigenvalue weighted by Crippen LogP contribution is 2.25. The monoisotopic (exact) mass is 207 g/mol. The van der Waals surface area contributed by atoms with E-state index < -0.39 is 17.8 Å². The van der Waals surface area contributed by atoms with E-state index in [1.807, 2.05) is 6.08 Å². The van der Waals surface area contributed by atoms with Crippen LogP contribution in [0.1, 0.15) is 12.8 Å². The molecule has 1 rings (SSSR count). The highest BCUT2D eigenvalue weighted by atomic mass is 16.4. The number of carbonyl (C=O) groups is 2. The second-order valence-corrected chi connectivity index (χ2v) is 3.42. The number of nitrogens with one attached hydrogen (secondary N) is 1. The molecule has 2 unspecified atom stereocenters. The lowest BCUT2D eigenvalue weighted by atomic mass is 9.82. The molecule has 0 saturated carbocycles. The zero-order chi connectivity index (χ0) is 11.3. The molecule has 0 bridgehead atoms. The van der Waals surface area contributed by atoms with Crippen LogP contribution < -0.4 is 5.32 Å². The summed E-state index contributed by atoms with van der Waals surface area (Å²) in [5.41, 5.74) is 0. The molecule has 2 atom stereocenters. The minimum Gasteiger partial charge on any atom is -0.481 e. The maximum atomic E-state index is 11.6. The molecule has 0 aromatic heterocycles. The summed E-state index contributed by atoms with van der Waals surface area (Å²) < 4.78 is 0. The van der Waals surface area contributed by atoms with Gasteiger partial charge in [0, 0.05) is 0 Å². The van der Waals surface area contributed by atoms with E-state index in [4.69, 9.17) is 11.5 Å². The van der Waals surface area contributed by atoms with Gasteiger partial charge in [-0.05, 0) is 12.8 Å². The number of carbonyl (C=O) groups excluding carboxylic acids is 1. The van der Waals surface area contributed by atoms with E-state index in [1.165, 1.54) is 0 Å². The van der Waals surface area contributed by atoms with Crippen molar-refractivity contribution >= 4 is 11.9 Å². The molecule has 0 heterocycles. The molecule has 0 saturated heterocycles. The summed E-state index contributed by atoms with van der Waals surface area (Å²) in [4.78, 5) is 22.5. The lowest BCUT2D eigenvalue weighted by molar-refractivity contribution is -0.147. The lowest BCUT2D eigenvalue weighted by Gasteiger charge is -2.23. The number of carboxylic acid groups (broad SMARTS) is 1. The van der Waals surface area contributed by atoms with Gasteiger partial charge in [-0.2, -0.15) is 0 Å². The van der Waals surface area contributed by atoms with Crippen molar-refractivity contribution in [3.63, 3.8) is 0 Å². The van der Waals surface area contributed by atoms with E-state index in [-0.39, 0.29) is 12.5 Å². The first kappa shape index (κ1) is 11.3. The maximum Gasteiger partial charge on any atom is 0.307 e. The lowest BCUT2D eigenvalue weighted by Crippen LogP contribution is -2.38. The topological polar surface area (TPSA) is 66.4 Å². The van der Waals surface area contributed by atoms with E-state index in [0.29, 0.717) is 12.8 Å². The fraction of sp³-hybridized carbons (Fsp3) is 0.455. The van der Waals surface area contributed by atoms with Gasteiger partial charge in [-0.15, -0.1) is 6.42 Å². The van der Waals surface area contributed by atoms with Gasteiger partial charge in [-0.3, -0.25) is 9.59 Å². The number of carboxylic acids is 1. The Morgan fingerprint density at radius 3 is 2.53 bits per heavy atom. The highest BCUT2D eigenvalue weighted by Gasteiger charge is 2.33. The number of rotatable bonds is 3. The molecular formula is C11H13NO3. The van der Waals surface area contributed by atoms with Crippen molar-refractivity contribution in [3.8, 4) is 12.3 Å². The molecule has 0 radical (unpaired) electrons. The van der Waals surface area contributed by atoms with Crippen molar-refractivity contribution in [2.75, 3.05) is 6.54 Å². The molecule has 0 aromatic carbocycles. The third-order valence-corrected chi connectivity index (χ3v) is 2.45. The summed E-state index contributed by atoms with van der Waals surface area (Å²) in [5, 5.41) is 11.4. The van der Waals surface area contributed by atoms with Crippen molar-refractivity contribution in [3.05, 3.63) is 12.2 Å². The molecule has 1 amide bonds. The smallest absolute Gasteiger partial charge is 0.307 e. The minimum absolute atomic E-state index is 0.144. The van der Waals surface area contributed by atoms with E-state index in [9.17, 15) is 9.59 Å². The summed E-state index contributed by atoms with van der Waals surface area (Å²) in [7, 11) is 0. The molecule has 0 spiro atoms. The van der Waals surface area contributed by atoms with Crippen molar-refractivity contribution < 1.29 is 14.7 Å². The predicted molar refractivity (Wildman–Crippen MR) is 54.8 cm³/mol. The van der Waals surface area contributed by atoms with Crippen molar-refractivity contribution in [2.45, 2.75) is 12.8 Å². The summed E-state index contributed by atoms with van der Waals surface area (Å²) in [6.45, 7) is 0.144. The first-order valence-corrected chi connectivity index (χ1v) is 4.75. The second kappa shape index (κ2) is 5.20. The van der Waals surface area contributed by atoms with Gasteiger partial charge in [0.25, 0.3) is 0 Å². The predicted octanol–water partition coefficient (Wildman–Crippen LogP) is 0.403. The number of amides is 1. The maximum absolute atomic E-state index is 11.6. The zero-order valence-corrected chi connectivity index (χ0v) is 8.27. The largest absolute Gasteiger partial charge is 0.481 e. The van der Waals surface area contributed by atoms with Gasteiger partial charge in [0.2, 0.25) is 5.91 Å². The van der Waals surface area contributed by atoms with E-state index in [2.05, 4.69) is 11.2 Å². The van der Waals surface area contributed by atoms with Crippen LogP contribution in [0.15, 0.2) is 12.2 Å². The molecule has 2 N–H and O–H groups in total. The van der Waals surface area contributed by atoms with Gasteiger partial charge in [0.05, 0.1) is 18.4 Å².